The van der Waals surface area contributed by atoms with Gasteiger partial charge in [-0.2, -0.15) is 0 Å². The van der Waals surface area contributed by atoms with E-state index in [9.17, 15) is 19.7 Å². The van der Waals surface area contributed by atoms with Crippen molar-refractivity contribution in [3.05, 3.63) is 80.8 Å². The second-order valence-electron chi connectivity index (χ2n) is 5.81. The number of nitrogens with one attached hydrogen (secondary N) is 2. The SMILES string of the molecule is O=C(CSc1n[nH]c(=O)n1CCc1ccccc1)Nc1ccccc1[N+](=O)[O-]. The molecular formula is C18H17N5O4S. The maximum Gasteiger partial charge on any atom is 0.343 e. The van der Waals surface area contributed by atoms with Crippen LogP contribution < -0.4 is 11.0 Å². The van der Waals surface area contributed by atoms with Gasteiger partial charge in [0.2, 0.25) is 5.91 Å². The first-order chi connectivity index (χ1) is 13.5. The number of nitro groups is 1. The summed E-state index contributed by atoms with van der Waals surface area (Å²) in [5, 5.41) is 20.3. The highest BCUT2D eigenvalue weighted by molar-refractivity contribution is 7.99. The van der Waals surface area contributed by atoms with Crippen LogP contribution in [0.5, 0.6) is 0 Å². The Morgan fingerprint density at radius 1 is 1.18 bits per heavy atom. The second kappa shape index (κ2) is 9.00. The fourth-order valence-electron chi connectivity index (χ4n) is 2.55. The third kappa shape index (κ3) is 4.86. The number of hydrogen-bond acceptors (Lipinski definition) is 6. The minimum absolute atomic E-state index is 0.0400. The van der Waals surface area contributed by atoms with Crippen LogP contribution in [0.1, 0.15) is 5.56 Å². The highest BCUT2D eigenvalue weighted by Crippen LogP contribution is 2.23. The number of para-hydroxylation sites is 2. The van der Waals surface area contributed by atoms with Crippen molar-refractivity contribution in [2.24, 2.45) is 0 Å². The predicted molar refractivity (Wildman–Crippen MR) is 105 cm³/mol. The summed E-state index contributed by atoms with van der Waals surface area (Å²) in [6, 6.07) is 15.6. The molecule has 0 aliphatic rings. The Bertz CT molecular complexity index is 1030. The van der Waals surface area contributed by atoms with Crippen LogP contribution in [0, 0.1) is 10.1 Å². The second-order valence-corrected chi connectivity index (χ2v) is 6.75. The van der Waals surface area contributed by atoms with E-state index in [1.54, 1.807) is 6.07 Å². The zero-order valence-electron chi connectivity index (χ0n) is 14.7. The summed E-state index contributed by atoms with van der Waals surface area (Å²) in [4.78, 5) is 34.6. The molecular weight excluding hydrogens is 382 g/mol. The van der Waals surface area contributed by atoms with E-state index in [1.165, 1.54) is 22.8 Å². The number of amides is 1. The Morgan fingerprint density at radius 2 is 1.89 bits per heavy atom. The molecule has 0 spiro atoms. The van der Waals surface area contributed by atoms with Gasteiger partial charge in [-0.25, -0.2) is 9.89 Å². The monoisotopic (exact) mass is 399 g/mol. The minimum atomic E-state index is -0.558. The van der Waals surface area contributed by atoms with Gasteiger partial charge in [0.05, 0.1) is 10.7 Å². The van der Waals surface area contributed by atoms with Crippen molar-refractivity contribution >= 4 is 29.0 Å². The molecule has 0 fully saturated rings. The van der Waals surface area contributed by atoms with Crippen molar-refractivity contribution in [1.29, 1.82) is 0 Å². The van der Waals surface area contributed by atoms with E-state index in [0.717, 1.165) is 17.3 Å². The Balaban J connectivity index is 1.61. The number of nitrogens with zero attached hydrogens (tertiary/aromatic N) is 3. The Morgan fingerprint density at radius 3 is 2.64 bits per heavy atom. The first-order valence-electron chi connectivity index (χ1n) is 8.40. The van der Waals surface area contributed by atoms with Crippen molar-refractivity contribution in [3.63, 3.8) is 0 Å². The lowest BCUT2D eigenvalue weighted by Gasteiger charge is -2.07. The molecule has 1 amide bonds. The molecule has 0 unspecified atom stereocenters. The lowest BCUT2D eigenvalue weighted by Crippen LogP contribution is -2.20. The topological polar surface area (TPSA) is 123 Å². The van der Waals surface area contributed by atoms with Crippen LogP contribution in [0.3, 0.4) is 0 Å². The van der Waals surface area contributed by atoms with Gasteiger partial charge < -0.3 is 5.32 Å². The molecule has 1 aromatic heterocycles. The molecule has 0 saturated carbocycles. The largest absolute Gasteiger partial charge is 0.343 e. The molecule has 2 N–H and O–H groups in total. The number of aromatic amines is 1. The molecule has 0 aliphatic carbocycles. The van der Waals surface area contributed by atoms with Gasteiger partial charge in [-0.05, 0) is 18.1 Å². The molecule has 0 aliphatic heterocycles. The Kier molecular flexibility index (Phi) is 6.22. The number of hydrogen-bond donors (Lipinski definition) is 2. The van der Waals surface area contributed by atoms with Gasteiger partial charge in [0, 0.05) is 12.6 Å². The molecule has 9 nitrogen and oxygen atoms in total. The third-order valence-electron chi connectivity index (χ3n) is 3.90. The lowest BCUT2D eigenvalue weighted by molar-refractivity contribution is -0.383. The average molecular weight is 399 g/mol. The number of aromatic nitrogens is 3. The van der Waals surface area contributed by atoms with Crippen molar-refractivity contribution in [3.8, 4) is 0 Å². The maximum atomic E-state index is 12.2. The van der Waals surface area contributed by atoms with E-state index < -0.39 is 10.8 Å². The number of thioether (sulfide) groups is 1. The summed E-state index contributed by atoms with van der Waals surface area (Å²) in [7, 11) is 0. The van der Waals surface area contributed by atoms with Crippen molar-refractivity contribution < 1.29 is 9.72 Å². The molecule has 3 aromatic rings. The summed E-state index contributed by atoms with van der Waals surface area (Å²) < 4.78 is 1.47. The molecule has 1 heterocycles. The number of carbonyl (C=O) groups excluding carboxylic acids is 1. The van der Waals surface area contributed by atoms with E-state index in [4.69, 9.17) is 0 Å². The van der Waals surface area contributed by atoms with E-state index >= 15 is 0 Å². The number of rotatable bonds is 8. The Labute approximate surface area is 163 Å². The summed E-state index contributed by atoms with van der Waals surface area (Å²) >= 11 is 1.08. The molecule has 0 bridgehead atoms. The van der Waals surface area contributed by atoms with Gasteiger partial charge >= 0.3 is 5.69 Å². The molecule has 10 heteroatoms. The summed E-state index contributed by atoms with van der Waals surface area (Å²) in [5.41, 5.74) is 0.681. The number of anilines is 1. The van der Waals surface area contributed by atoms with Gasteiger partial charge in [0.15, 0.2) is 5.16 Å². The molecule has 144 valence electrons. The van der Waals surface area contributed by atoms with Crippen LogP contribution in [0.25, 0.3) is 0 Å². The van der Waals surface area contributed by atoms with Crippen LogP contribution in [-0.4, -0.2) is 31.3 Å². The van der Waals surface area contributed by atoms with Gasteiger partial charge in [-0.3, -0.25) is 19.5 Å². The summed E-state index contributed by atoms with van der Waals surface area (Å²) in [5.74, 6) is -0.467. The average Bonchev–Trinajstić information content (AvgIpc) is 3.05. The molecule has 0 atom stereocenters. The fraction of sp³-hybridized carbons (Fsp3) is 0.167. The van der Waals surface area contributed by atoms with Gasteiger partial charge in [-0.15, -0.1) is 5.10 Å². The number of benzene rings is 2. The van der Waals surface area contributed by atoms with Crippen LogP contribution in [0.15, 0.2) is 64.5 Å². The van der Waals surface area contributed by atoms with Gasteiger partial charge in [-0.1, -0.05) is 54.2 Å². The maximum absolute atomic E-state index is 12.2. The quantitative estimate of drug-likeness (QED) is 0.341. The zero-order valence-corrected chi connectivity index (χ0v) is 15.5. The van der Waals surface area contributed by atoms with Crippen molar-refractivity contribution in [2.45, 2.75) is 18.1 Å². The lowest BCUT2D eigenvalue weighted by atomic mass is 10.1. The highest BCUT2D eigenvalue weighted by atomic mass is 32.2. The van der Waals surface area contributed by atoms with Crippen LogP contribution in [-0.2, 0) is 17.8 Å². The standard InChI is InChI=1S/C18H17N5O4S/c24-16(19-14-8-4-5-9-15(14)23(26)27)12-28-18-21-20-17(25)22(18)11-10-13-6-2-1-3-7-13/h1-9H,10-12H2,(H,19,24)(H,20,25). The number of nitro benzene ring substituents is 1. The first-order valence-corrected chi connectivity index (χ1v) is 9.38. The van der Waals surface area contributed by atoms with Crippen LogP contribution in [0.4, 0.5) is 11.4 Å². The molecule has 28 heavy (non-hydrogen) atoms. The zero-order chi connectivity index (χ0) is 19.9. The molecule has 3 rings (SSSR count). The number of H-pyrrole nitrogens is 1. The van der Waals surface area contributed by atoms with Crippen LogP contribution >= 0.6 is 11.8 Å². The molecule has 2 aromatic carbocycles. The minimum Gasteiger partial charge on any atom is -0.320 e. The predicted octanol–water partition coefficient (Wildman–Crippen LogP) is 2.45. The highest BCUT2D eigenvalue weighted by Gasteiger charge is 2.16. The number of carbonyl (C=O) groups is 1. The Hall–Kier alpha value is -3.40. The molecule has 0 saturated heterocycles. The smallest absolute Gasteiger partial charge is 0.320 e. The summed E-state index contributed by atoms with van der Waals surface area (Å²) in [6.07, 6.45) is 0.649. The van der Waals surface area contributed by atoms with Gasteiger partial charge in [0.1, 0.15) is 5.69 Å². The molecule has 0 radical (unpaired) electrons. The van der Waals surface area contributed by atoms with Crippen molar-refractivity contribution in [1.82, 2.24) is 14.8 Å². The van der Waals surface area contributed by atoms with Gasteiger partial charge in [0.25, 0.3) is 5.69 Å². The third-order valence-corrected chi connectivity index (χ3v) is 4.87. The summed E-state index contributed by atoms with van der Waals surface area (Å²) in [6.45, 7) is 0.424. The fourth-order valence-corrected chi connectivity index (χ4v) is 3.32. The first kappa shape index (κ1) is 19.4. The van der Waals surface area contributed by atoms with Crippen LogP contribution in [0.2, 0.25) is 0 Å². The van der Waals surface area contributed by atoms with Crippen molar-refractivity contribution in [2.75, 3.05) is 11.1 Å². The van der Waals surface area contributed by atoms with E-state index in [1.807, 2.05) is 30.3 Å². The number of aryl methyl sites for hydroxylation is 1. The van der Waals surface area contributed by atoms with E-state index in [0.29, 0.717) is 18.1 Å². The van der Waals surface area contributed by atoms with E-state index in [-0.39, 0.29) is 22.8 Å². The van der Waals surface area contributed by atoms with E-state index in [2.05, 4.69) is 15.5 Å². The normalized spacial score (nSPS) is 10.6.